The number of nitrogens with one attached hydrogen (secondary N) is 3. The highest BCUT2D eigenvalue weighted by Crippen LogP contribution is 2.34. The summed E-state index contributed by atoms with van der Waals surface area (Å²) in [6.45, 7) is 3.68. The quantitative estimate of drug-likeness (QED) is 0.170. The van der Waals surface area contributed by atoms with Crippen LogP contribution in [0.3, 0.4) is 0 Å². The van der Waals surface area contributed by atoms with Gasteiger partial charge in [-0.15, -0.1) is 0 Å². The molecule has 1 aliphatic heterocycles. The zero-order valence-corrected chi connectivity index (χ0v) is 20.3. The van der Waals surface area contributed by atoms with Crippen molar-refractivity contribution < 1.29 is 28.9 Å². The summed E-state index contributed by atoms with van der Waals surface area (Å²) in [6.07, 6.45) is 0.453. The molecular weight excluding hydrogens is 476 g/mol. The van der Waals surface area contributed by atoms with E-state index in [-0.39, 0.29) is 12.2 Å². The van der Waals surface area contributed by atoms with Crippen LogP contribution in [0.15, 0.2) is 58.8 Å². The van der Waals surface area contributed by atoms with Crippen LogP contribution in [0, 0.1) is 0 Å². The number of hydrogen-bond acceptors (Lipinski definition) is 8. The predicted molar refractivity (Wildman–Crippen MR) is 130 cm³/mol. The van der Waals surface area contributed by atoms with E-state index in [0.29, 0.717) is 34.4 Å². The Morgan fingerprint density at radius 3 is 2.66 bits per heavy atom. The third-order valence-corrected chi connectivity index (χ3v) is 5.23. The molecule has 4 N–H and O–H groups in total. The van der Waals surface area contributed by atoms with Crippen LogP contribution in [0.4, 0.5) is 4.79 Å². The van der Waals surface area contributed by atoms with Gasteiger partial charge in [0.25, 0.3) is 0 Å². The first-order valence-electron chi connectivity index (χ1n) is 10.8. The fraction of sp³-hybridized carbons (Fsp3) is 0.292. The van der Waals surface area contributed by atoms with Crippen LogP contribution in [-0.4, -0.2) is 49.9 Å². The molecule has 0 saturated carbocycles. The van der Waals surface area contributed by atoms with Gasteiger partial charge in [-0.1, -0.05) is 29.8 Å². The highest BCUT2D eigenvalue weighted by Gasteiger charge is 2.32. The molecule has 2 amide bonds. The smallest absolute Gasteiger partial charge is 0.337 e. The molecule has 1 aliphatic rings. The highest BCUT2D eigenvalue weighted by atomic mass is 35.5. The number of methoxy groups -OCH3 is 1. The average Bonchev–Trinajstić information content (AvgIpc) is 2.83. The Kier molecular flexibility index (Phi) is 8.93. The second kappa shape index (κ2) is 12.1. The van der Waals surface area contributed by atoms with Gasteiger partial charge in [0.2, 0.25) is 0 Å². The molecule has 0 fully saturated rings. The minimum Gasteiger partial charge on any atom is -0.490 e. The zero-order valence-electron chi connectivity index (χ0n) is 19.5. The van der Waals surface area contributed by atoms with Crippen molar-refractivity contribution in [2.24, 2.45) is 5.10 Å². The lowest BCUT2D eigenvalue weighted by Gasteiger charge is -2.28. The van der Waals surface area contributed by atoms with E-state index in [9.17, 15) is 14.7 Å². The first kappa shape index (κ1) is 25.9. The van der Waals surface area contributed by atoms with E-state index >= 15 is 0 Å². The minimum absolute atomic E-state index is 0.117. The summed E-state index contributed by atoms with van der Waals surface area (Å²) in [6, 6.07) is 10.9. The molecule has 10 nitrogen and oxygen atoms in total. The van der Waals surface area contributed by atoms with E-state index in [2.05, 4.69) is 21.2 Å². The Morgan fingerprint density at radius 1 is 1.23 bits per heavy atom. The number of carbonyl (C=O) groups excluding carboxylic acids is 2. The van der Waals surface area contributed by atoms with Crippen LogP contribution in [0.5, 0.6) is 11.5 Å². The minimum atomic E-state index is -1.09. The van der Waals surface area contributed by atoms with Gasteiger partial charge in [0.15, 0.2) is 17.7 Å². The molecule has 3 rings (SSSR count). The second-order valence-electron chi connectivity index (χ2n) is 7.47. The monoisotopic (exact) mass is 502 g/mol. The number of aliphatic hydroxyl groups excluding tert-OH is 1. The van der Waals surface area contributed by atoms with E-state index in [1.807, 2.05) is 6.92 Å². The molecule has 1 heterocycles. The number of aliphatic hydroxyl groups is 1. The largest absolute Gasteiger partial charge is 0.490 e. The van der Waals surface area contributed by atoms with Gasteiger partial charge in [0.05, 0.1) is 31.5 Å². The molecule has 2 atom stereocenters. The van der Waals surface area contributed by atoms with Crippen molar-refractivity contribution >= 4 is 29.8 Å². The number of nitrogens with zero attached hydrogens (tertiary/aromatic N) is 1. The summed E-state index contributed by atoms with van der Waals surface area (Å²) in [5.74, 6) is 0.196. The van der Waals surface area contributed by atoms with Crippen LogP contribution in [0.25, 0.3) is 0 Å². The lowest BCUT2D eigenvalue weighted by atomic mass is 9.95. The van der Waals surface area contributed by atoms with Gasteiger partial charge in [0, 0.05) is 10.7 Å². The number of urea groups is 1. The van der Waals surface area contributed by atoms with Crippen molar-refractivity contribution in [1.82, 2.24) is 16.1 Å². The van der Waals surface area contributed by atoms with E-state index < -0.39 is 24.3 Å². The molecule has 0 spiro atoms. The van der Waals surface area contributed by atoms with Crippen molar-refractivity contribution in [3.8, 4) is 11.5 Å². The van der Waals surface area contributed by atoms with Gasteiger partial charge in [-0.25, -0.2) is 9.59 Å². The predicted octanol–water partition coefficient (Wildman–Crippen LogP) is 2.86. The summed E-state index contributed by atoms with van der Waals surface area (Å²) in [5, 5.41) is 20.1. The van der Waals surface area contributed by atoms with Crippen LogP contribution in [0.2, 0.25) is 5.02 Å². The number of halogens is 1. The normalized spacial score (nSPS) is 16.4. The summed E-state index contributed by atoms with van der Waals surface area (Å²) < 4.78 is 16.3. The number of hydrogen-bond donors (Lipinski definition) is 4. The molecule has 186 valence electrons. The fourth-order valence-corrected chi connectivity index (χ4v) is 3.49. The molecule has 0 radical (unpaired) electrons. The maximum atomic E-state index is 12.3. The van der Waals surface area contributed by atoms with E-state index in [0.717, 1.165) is 5.56 Å². The molecule has 0 saturated heterocycles. The van der Waals surface area contributed by atoms with Gasteiger partial charge >= 0.3 is 12.0 Å². The first-order valence-corrected chi connectivity index (χ1v) is 11.2. The van der Waals surface area contributed by atoms with Crippen LogP contribution in [0.1, 0.15) is 31.0 Å². The summed E-state index contributed by atoms with van der Waals surface area (Å²) in [5.41, 5.74) is 4.67. The van der Waals surface area contributed by atoms with Crippen molar-refractivity contribution in [2.45, 2.75) is 26.1 Å². The molecular formula is C24H27ClN4O6. The second-order valence-corrected chi connectivity index (χ2v) is 7.90. The molecule has 0 bridgehead atoms. The van der Waals surface area contributed by atoms with Crippen molar-refractivity contribution in [1.29, 1.82) is 0 Å². The summed E-state index contributed by atoms with van der Waals surface area (Å²) in [7, 11) is 1.28. The molecule has 2 aromatic rings. The number of ether oxygens (including phenoxy) is 3. The molecule has 11 heteroatoms. The van der Waals surface area contributed by atoms with Gasteiger partial charge in [-0.05, 0) is 49.2 Å². The number of benzene rings is 2. The van der Waals surface area contributed by atoms with Crippen LogP contribution < -0.4 is 25.5 Å². The summed E-state index contributed by atoms with van der Waals surface area (Å²) >= 11 is 5.85. The Bertz CT molecular complexity index is 1120. The van der Waals surface area contributed by atoms with E-state index in [1.165, 1.54) is 7.11 Å². The SMILES string of the molecule is CCOc1cc([C@H]2NC(=O)NC(C)=C2C(=O)OC)ccc1OC[C@H](O)N/N=C\c1ccc(Cl)cc1. The number of carbonyl (C=O) groups is 2. The van der Waals surface area contributed by atoms with Crippen molar-refractivity contribution in [3.63, 3.8) is 0 Å². The highest BCUT2D eigenvalue weighted by molar-refractivity contribution is 6.30. The topological polar surface area (TPSA) is 131 Å². The van der Waals surface area contributed by atoms with Crippen molar-refractivity contribution in [3.05, 3.63) is 69.9 Å². The Balaban J connectivity index is 1.71. The maximum absolute atomic E-state index is 12.3. The first-order chi connectivity index (χ1) is 16.8. The summed E-state index contributed by atoms with van der Waals surface area (Å²) in [4.78, 5) is 24.4. The van der Waals surface area contributed by atoms with E-state index in [1.54, 1.807) is 55.6 Å². The van der Waals surface area contributed by atoms with Gasteiger partial charge in [-0.3, -0.25) is 5.43 Å². The van der Waals surface area contributed by atoms with E-state index in [4.69, 9.17) is 25.8 Å². The fourth-order valence-electron chi connectivity index (χ4n) is 3.37. The number of hydrazone groups is 1. The molecule has 0 aromatic heterocycles. The lowest BCUT2D eigenvalue weighted by Crippen LogP contribution is -2.45. The van der Waals surface area contributed by atoms with Crippen molar-refractivity contribution in [2.75, 3.05) is 20.3 Å². The number of amides is 2. The molecule has 2 aromatic carbocycles. The molecule has 35 heavy (non-hydrogen) atoms. The molecule has 0 aliphatic carbocycles. The Labute approximate surface area is 207 Å². The number of esters is 1. The van der Waals surface area contributed by atoms with Gasteiger partial charge in [0.1, 0.15) is 6.61 Å². The number of allylic oxidation sites excluding steroid dienone is 1. The number of rotatable bonds is 10. The lowest BCUT2D eigenvalue weighted by molar-refractivity contribution is -0.136. The maximum Gasteiger partial charge on any atom is 0.337 e. The standard InChI is InChI=1S/C24H27ClN4O6/c1-4-34-19-11-16(22-21(23(31)33-3)14(2)27-24(32)28-22)7-10-18(19)35-13-20(30)29-26-12-15-5-8-17(25)9-6-15/h5-12,20,22,29-30H,4,13H2,1-3H3,(H2,27,28,32)/b26-12-/t20-,22+/m0/s1. The van der Waals surface area contributed by atoms with Gasteiger partial charge < -0.3 is 30.0 Å². The third kappa shape index (κ3) is 6.87. The average molecular weight is 503 g/mol. The third-order valence-electron chi connectivity index (χ3n) is 4.98. The molecule has 0 unspecified atom stereocenters. The Hall–Kier alpha value is -3.76. The van der Waals surface area contributed by atoms with Crippen LogP contribution in [-0.2, 0) is 9.53 Å². The van der Waals surface area contributed by atoms with Gasteiger partial charge in [-0.2, -0.15) is 5.10 Å². The zero-order chi connectivity index (χ0) is 25.4. The van der Waals surface area contributed by atoms with Crippen LogP contribution >= 0.6 is 11.6 Å². The Morgan fingerprint density at radius 2 is 1.97 bits per heavy atom.